The van der Waals surface area contributed by atoms with Gasteiger partial charge in [0.2, 0.25) is 0 Å². The second-order valence-electron chi connectivity index (χ2n) is 3.98. The molecule has 0 bridgehead atoms. The van der Waals surface area contributed by atoms with Gasteiger partial charge in [-0.2, -0.15) is 5.10 Å². The number of hydrogen-bond acceptors (Lipinski definition) is 3. The Labute approximate surface area is 108 Å². The molecule has 0 fully saturated rings. The fourth-order valence-corrected chi connectivity index (χ4v) is 1.56. The number of hydrogen-bond donors (Lipinski definition) is 1. The van der Waals surface area contributed by atoms with Gasteiger partial charge in [0.15, 0.2) is 0 Å². The van der Waals surface area contributed by atoms with E-state index in [0.29, 0.717) is 6.61 Å². The molecule has 4 nitrogen and oxygen atoms in total. The van der Waals surface area contributed by atoms with Crippen LogP contribution in [-0.2, 0) is 11.2 Å². The van der Waals surface area contributed by atoms with Crippen molar-refractivity contribution < 1.29 is 9.53 Å². The SMILES string of the molecule is CCCc1ccc(/C(C)=N\NC(=O)OCC)cc1. The third-order valence-electron chi connectivity index (χ3n) is 2.50. The quantitative estimate of drug-likeness (QED) is 0.643. The molecule has 98 valence electrons. The van der Waals surface area contributed by atoms with E-state index in [9.17, 15) is 4.79 Å². The highest BCUT2D eigenvalue weighted by Gasteiger charge is 2.00. The van der Waals surface area contributed by atoms with Crippen molar-refractivity contribution in [3.05, 3.63) is 35.4 Å². The molecular formula is C14H20N2O2. The first-order valence-corrected chi connectivity index (χ1v) is 6.23. The number of aryl methyl sites for hydroxylation is 1. The summed E-state index contributed by atoms with van der Waals surface area (Å²) in [6.45, 7) is 6.10. The van der Waals surface area contributed by atoms with Crippen LogP contribution in [0.15, 0.2) is 29.4 Å². The van der Waals surface area contributed by atoms with Crippen LogP contribution in [0.5, 0.6) is 0 Å². The van der Waals surface area contributed by atoms with Crippen molar-refractivity contribution in [1.29, 1.82) is 0 Å². The molecular weight excluding hydrogens is 228 g/mol. The summed E-state index contributed by atoms with van der Waals surface area (Å²) in [6, 6.07) is 8.19. The van der Waals surface area contributed by atoms with Crippen LogP contribution in [0.2, 0.25) is 0 Å². The Bertz CT molecular complexity index is 410. The van der Waals surface area contributed by atoms with Gasteiger partial charge < -0.3 is 4.74 Å². The molecule has 0 unspecified atom stereocenters. The molecule has 0 atom stereocenters. The predicted octanol–water partition coefficient (Wildman–Crippen LogP) is 3.11. The van der Waals surface area contributed by atoms with Gasteiger partial charge >= 0.3 is 6.09 Å². The Balaban J connectivity index is 2.62. The van der Waals surface area contributed by atoms with E-state index in [0.717, 1.165) is 24.1 Å². The lowest BCUT2D eigenvalue weighted by Gasteiger charge is -2.04. The molecule has 0 aliphatic heterocycles. The average molecular weight is 248 g/mol. The predicted molar refractivity (Wildman–Crippen MR) is 72.8 cm³/mol. The first kappa shape index (κ1) is 14.2. The van der Waals surface area contributed by atoms with Crippen molar-refractivity contribution >= 4 is 11.8 Å². The first-order chi connectivity index (χ1) is 8.67. The molecule has 0 heterocycles. The zero-order valence-corrected chi connectivity index (χ0v) is 11.2. The first-order valence-electron chi connectivity index (χ1n) is 6.23. The molecule has 1 N–H and O–H groups in total. The standard InChI is InChI=1S/C14H20N2O2/c1-4-6-12-7-9-13(10-8-12)11(3)15-16-14(17)18-5-2/h7-10H,4-6H2,1-3H3,(H,16,17)/b15-11-. The number of ether oxygens (including phenoxy) is 1. The Morgan fingerprint density at radius 1 is 1.28 bits per heavy atom. The van der Waals surface area contributed by atoms with Gasteiger partial charge in [-0.1, -0.05) is 37.6 Å². The molecule has 0 aliphatic carbocycles. The lowest BCUT2D eigenvalue weighted by molar-refractivity contribution is 0.152. The van der Waals surface area contributed by atoms with E-state index in [4.69, 9.17) is 4.74 Å². The zero-order chi connectivity index (χ0) is 13.4. The number of amides is 1. The Morgan fingerprint density at radius 3 is 2.50 bits per heavy atom. The summed E-state index contributed by atoms with van der Waals surface area (Å²) in [6.07, 6.45) is 1.69. The maximum atomic E-state index is 11.1. The van der Waals surface area contributed by atoms with Crippen LogP contribution in [0.1, 0.15) is 38.3 Å². The molecule has 1 amide bonds. The highest BCUT2D eigenvalue weighted by atomic mass is 16.5. The Kier molecular flexibility index (Phi) is 5.91. The van der Waals surface area contributed by atoms with Gasteiger partial charge in [-0.25, -0.2) is 10.2 Å². The van der Waals surface area contributed by atoms with Crippen molar-refractivity contribution in [1.82, 2.24) is 5.43 Å². The van der Waals surface area contributed by atoms with Gasteiger partial charge in [0, 0.05) is 0 Å². The molecule has 1 rings (SSSR count). The molecule has 1 aromatic rings. The second-order valence-corrected chi connectivity index (χ2v) is 3.98. The largest absolute Gasteiger partial charge is 0.449 e. The number of nitrogens with one attached hydrogen (secondary N) is 1. The number of rotatable bonds is 5. The van der Waals surface area contributed by atoms with Crippen molar-refractivity contribution in [2.75, 3.05) is 6.61 Å². The van der Waals surface area contributed by atoms with Crippen LogP contribution in [0.25, 0.3) is 0 Å². The van der Waals surface area contributed by atoms with Gasteiger partial charge in [0.25, 0.3) is 0 Å². The van der Waals surface area contributed by atoms with Crippen LogP contribution in [0.3, 0.4) is 0 Å². The maximum Gasteiger partial charge on any atom is 0.427 e. The van der Waals surface area contributed by atoms with Crippen LogP contribution in [0, 0.1) is 0 Å². The smallest absolute Gasteiger partial charge is 0.427 e. The van der Waals surface area contributed by atoms with Crippen LogP contribution < -0.4 is 5.43 Å². The summed E-state index contributed by atoms with van der Waals surface area (Å²) >= 11 is 0. The molecule has 0 aliphatic rings. The van der Waals surface area contributed by atoms with Crippen LogP contribution in [-0.4, -0.2) is 18.4 Å². The number of nitrogens with zero attached hydrogens (tertiary/aromatic N) is 1. The number of carbonyl (C=O) groups is 1. The topological polar surface area (TPSA) is 50.7 Å². The van der Waals surface area contributed by atoms with E-state index in [1.54, 1.807) is 6.92 Å². The van der Waals surface area contributed by atoms with E-state index < -0.39 is 6.09 Å². The highest BCUT2D eigenvalue weighted by molar-refractivity contribution is 5.99. The molecule has 1 aromatic carbocycles. The molecule has 0 radical (unpaired) electrons. The minimum Gasteiger partial charge on any atom is -0.449 e. The van der Waals surface area contributed by atoms with Crippen LogP contribution in [0.4, 0.5) is 4.79 Å². The fraction of sp³-hybridized carbons (Fsp3) is 0.429. The normalized spacial score (nSPS) is 11.2. The lowest BCUT2D eigenvalue weighted by Crippen LogP contribution is -2.20. The number of carbonyl (C=O) groups excluding carboxylic acids is 1. The minimum atomic E-state index is -0.528. The average Bonchev–Trinajstić information content (AvgIpc) is 2.37. The summed E-state index contributed by atoms with van der Waals surface area (Å²) < 4.78 is 4.72. The summed E-state index contributed by atoms with van der Waals surface area (Å²) in [5.41, 5.74) is 5.41. The van der Waals surface area contributed by atoms with E-state index in [1.807, 2.05) is 19.1 Å². The molecule has 18 heavy (non-hydrogen) atoms. The summed E-state index contributed by atoms with van der Waals surface area (Å²) in [4.78, 5) is 11.1. The third kappa shape index (κ3) is 4.57. The third-order valence-corrected chi connectivity index (χ3v) is 2.50. The summed E-state index contributed by atoms with van der Waals surface area (Å²) in [5.74, 6) is 0. The van der Waals surface area contributed by atoms with Crippen molar-refractivity contribution in [3.8, 4) is 0 Å². The molecule has 0 saturated heterocycles. The van der Waals surface area contributed by atoms with E-state index in [2.05, 4.69) is 29.6 Å². The maximum absolute atomic E-state index is 11.1. The number of benzene rings is 1. The van der Waals surface area contributed by atoms with Crippen molar-refractivity contribution in [3.63, 3.8) is 0 Å². The molecule has 0 saturated carbocycles. The molecule has 0 spiro atoms. The van der Waals surface area contributed by atoms with Gasteiger partial charge in [-0.05, 0) is 31.4 Å². The second kappa shape index (κ2) is 7.48. The highest BCUT2D eigenvalue weighted by Crippen LogP contribution is 2.07. The van der Waals surface area contributed by atoms with Crippen LogP contribution >= 0.6 is 0 Å². The monoisotopic (exact) mass is 248 g/mol. The zero-order valence-electron chi connectivity index (χ0n) is 11.2. The van der Waals surface area contributed by atoms with Gasteiger partial charge in [-0.15, -0.1) is 0 Å². The lowest BCUT2D eigenvalue weighted by atomic mass is 10.1. The van der Waals surface area contributed by atoms with E-state index >= 15 is 0 Å². The Morgan fingerprint density at radius 2 is 1.94 bits per heavy atom. The molecule has 4 heteroatoms. The van der Waals surface area contributed by atoms with Crippen molar-refractivity contribution in [2.45, 2.75) is 33.6 Å². The van der Waals surface area contributed by atoms with Gasteiger partial charge in [0.1, 0.15) is 0 Å². The Hall–Kier alpha value is -1.84. The van der Waals surface area contributed by atoms with Crippen molar-refractivity contribution in [2.24, 2.45) is 5.10 Å². The van der Waals surface area contributed by atoms with Gasteiger partial charge in [0.05, 0.1) is 12.3 Å². The van der Waals surface area contributed by atoms with E-state index in [1.165, 1.54) is 5.56 Å². The molecule has 0 aromatic heterocycles. The summed E-state index contributed by atoms with van der Waals surface area (Å²) in [7, 11) is 0. The number of hydrazone groups is 1. The van der Waals surface area contributed by atoms with E-state index in [-0.39, 0.29) is 0 Å². The minimum absolute atomic E-state index is 0.339. The fourth-order valence-electron chi connectivity index (χ4n) is 1.56. The van der Waals surface area contributed by atoms with Gasteiger partial charge in [-0.3, -0.25) is 0 Å². The summed E-state index contributed by atoms with van der Waals surface area (Å²) in [5, 5.41) is 3.98.